The first-order valence-electron chi connectivity index (χ1n) is 6.51. The van der Waals surface area contributed by atoms with Crippen LogP contribution in [0.4, 0.5) is 5.69 Å². The fourth-order valence-electron chi connectivity index (χ4n) is 2.43. The minimum atomic E-state index is -0.0667. The molecule has 0 amide bonds. The molecule has 102 valence electrons. The van der Waals surface area contributed by atoms with Crippen LogP contribution in [0.5, 0.6) is 5.75 Å². The number of carbonyl (C=O) groups excluding carboxylic acids is 1. The number of benzene rings is 2. The highest BCUT2D eigenvalue weighted by Crippen LogP contribution is 2.32. The van der Waals surface area contributed by atoms with Crippen LogP contribution in [0.2, 0.25) is 0 Å². The number of carbonyl (C=O) groups is 1. The van der Waals surface area contributed by atoms with E-state index in [0.29, 0.717) is 23.4 Å². The average molecular weight is 332 g/mol. The fraction of sp³-hybridized carbons (Fsp3) is 0.188. The van der Waals surface area contributed by atoms with Crippen molar-refractivity contribution in [3.63, 3.8) is 0 Å². The zero-order valence-electron chi connectivity index (χ0n) is 10.9. The highest BCUT2D eigenvalue weighted by Gasteiger charge is 2.21. The van der Waals surface area contributed by atoms with E-state index in [0.717, 1.165) is 28.6 Å². The van der Waals surface area contributed by atoms with Crippen LogP contribution in [0.15, 0.2) is 40.9 Å². The number of ether oxygens (including phenoxy) is 1. The van der Waals surface area contributed by atoms with Crippen LogP contribution in [0, 0.1) is 0 Å². The standard InChI is InChI=1S/C16H14BrNO2/c17-14-7-6-11(18)9-13(14)15(19)12-5-1-3-10-4-2-8-20-16(10)12/h1,3,5-7,9H,2,4,8,18H2. The van der Waals surface area contributed by atoms with Crippen LogP contribution < -0.4 is 10.5 Å². The SMILES string of the molecule is Nc1ccc(Br)c(C(=O)c2cccc3c2OCCC3)c1. The molecule has 1 aliphatic heterocycles. The van der Waals surface area contributed by atoms with E-state index in [9.17, 15) is 4.79 Å². The largest absolute Gasteiger partial charge is 0.493 e. The molecule has 1 aliphatic rings. The van der Waals surface area contributed by atoms with E-state index < -0.39 is 0 Å². The van der Waals surface area contributed by atoms with Crippen molar-refractivity contribution in [3.8, 4) is 5.75 Å². The van der Waals surface area contributed by atoms with Crippen LogP contribution in [-0.2, 0) is 6.42 Å². The minimum Gasteiger partial charge on any atom is -0.493 e. The van der Waals surface area contributed by atoms with Crippen LogP contribution in [-0.4, -0.2) is 12.4 Å². The molecule has 0 spiro atoms. The number of rotatable bonds is 2. The van der Waals surface area contributed by atoms with Crippen molar-refractivity contribution in [1.82, 2.24) is 0 Å². The van der Waals surface area contributed by atoms with Gasteiger partial charge in [-0.25, -0.2) is 0 Å². The fourth-order valence-corrected chi connectivity index (χ4v) is 2.86. The van der Waals surface area contributed by atoms with E-state index in [2.05, 4.69) is 15.9 Å². The Hall–Kier alpha value is -1.81. The van der Waals surface area contributed by atoms with Gasteiger partial charge in [-0.3, -0.25) is 4.79 Å². The van der Waals surface area contributed by atoms with Crippen LogP contribution in [0.1, 0.15) is 27.9 Å². The number of fused-ring (bicyclic) bond motifs is 1. The first kappa shape index (κ1) is 13.2. The van der Waals surface area contributed by atoms with Crippen LogP contribution >= 0.6 is 15.9 Å². The Bertz CT molecular complexity index is 682. The topological polar surface area (TPSA) is 52.3 Å². The molecule has 0 radical (unpaired) electrons. The molecule has 3 nitrogen and oxygen atoms in total. The summed E-state index contributed by atoms with van der Waals surface area (Å²) in [5.41, 5.74) is 8.62. The van der Waals surface area contributed by atoms with Crippen molar-refractivity contribution in [2.75, 3.05) is 12.3 Å². The lowest BCUT2D eigenvalue weighted by Crippen LogP contribution is -2.13. The Morgan fingerprint density at radius 1 is 1.20 bits per heavy atom. The van der Waals surface area contributed by atoms with E-state index >= 15 is 0 Å². The third-order valence-electron chi connectivity index (χ3n) is 3.41. The summed E-state index contributed by atoms with van der Waals surface area (Å²) in [6.45, 7) is 0.662. The van der Waals surface area contributed by atoms with E-state index in [1.54, 1.807) is 18.2 Å². The molecular weight excluding hydrogens is 318 g/mol. The molecule has 0 saturated carbocycles. The number of anilines is 1. The van der Waals surface area contributed by atoms with Crippen molar-refractivity contribution < 1.29 is 9.53 Å². The van der Waals surface area contributed by atoms with Crippen LogP contribution in [0.25, 0.3) is 0 Å². The molecule has 0 fully saturated rings. The summed E-state index contributed by atoms with van der Waals surface area (Å²) in [6.07, 6.45) is 1.95. The Morgan fingerprint density at radius 3 is 2.90 bits per heavy atom. The van der Waals surface area contributed by atoms with Crippen molar-refractivity contribution in [3.05, 3.63) is 57.6 Å². The number of hydrogen-bond acceptors (Lipinski definition) is 3. The molecule has 0 aliphatic carbocycles. The van der Waals surface area contributed by atoms with Crippen molar-refractivity contribution in [2.45, 2.75) is 12.8 Å². The van der Waals surface area contributed by atoms with Crippen LogP contribution in [0.3, 0.4) is 0 Å². The van der Waals surface area contributed by atoms with Gasteiger partial charge in [-0.15, -0.1) is 0 Å². The van der Waals surface area contributed by atoms with Gasteiger partial charge in [0, 0.05) is 15.7 Å². The first-order valence-corrected chi connectivity index (χ1v) is 7.30. The second-order valence-corrected chi connectivity index (χ2v) is 5.67. The van der Waals surface area contributed by atoms with Gasteiger partial charge in [0.05, 0.1) is 12.2 Å². The third kappa shape index (κ3) is 2.31. The Labute approximate surface area is 125 Å². The lowest BCUT2D eigenvalue weighted by Gasteiger charge is -2.20. The molecule has 2 aromatic rings. The predicted molar refractivity (Wildman–Crippen MR) is 82.2 cm³/mol. The molecule has 3 rings (SSSR count). The zero-order valence-corrected chi connectivity index (χ0v) is 12.4. The summed E-state index contributed by atoms with van der Waals surface area (Å²) in [6, 6.07) is 11.0. The van der Waals surface area contributed by atoms with Gasteiger partial charge in [0.25, 0.3) is 0 Å². The summed E-state index contributed by atoms with van der Waals surface area (Å²) in [5, 5.41) is 0. The summed E-state index contributed by atoms with van der Waals surface area (Å²) in [7, 11) is 0. The van der Waals surface area contributed by atoms with Gasteiger partial charge in [0.1, 0.15) is 5.75 Å². The monoisotopic (exact) mass is 331 g/mol. The van der Waals surface area contributed by atoms with Gasteiger partial charge in [0.15, 0.2) is 5.78 Å². The molecule has 0 unspecified atom stereocenters. The van der Waals surface area contributed by atoms with Gasteiger partial charge >= 0.3 is 0 Å². The minimum absolute atomic E-state index is 0.0667. The number of para-hydroxylation sites is 1. The lowest BCUT2D eigenvalue weighted by molar-refractivity contribution is 0.103. The smallest absolute Gasteiger partial charge is 0.197 e. The quantitative estimate of drug-likeness (QED) is 0.675. The Morgan fingerprint density at radius 2 is 2.05 bits per heavy atom. The molecule has 20 heavy (non-hydrogen) atoms. The third-order valence-corrected chi connectivity index (χ3v) is 4.10. The van der Waals surface area contributed by atoms with Crippen molar-refractivity contribution >= 4 is 27.4 Å². The van der Waals surface area contributed by atoms with Gasteiger partial charge < -0.3 is 10.5 Å². The normalized spacial score (nSPS) is 13.4. The molecule has 1 heterocycles. The van der Waals surface area contributed by atoms with Crippen molar-refractivity contribution in [1.29, 1.82) is 0 Å². The van der Waals surface area contributed by atoms with E-state index in [4.69, 9.17) is 10.5 Å². The van der Waals surface area contributed by atoms with Gasteiger partial charge in [-0.05, 0) is 42.7 Å². The maximum absolute atomic E-state index is 12.7. The highest BCUT2D eigenvalue weighted by molar-refractivity contribution is 9.10. The second-order valence-electron chi connectivity index (χ2n) is 4.81. The molecule has 4 heteroatoms. The predicted octanol–water partition coefficient (Wildman–Crippen LogP) is 3.59. The number of aryl methyl sites for hydroxylation is 1. The molecule has 2 aromatic carbocycles. The summed E-state index contributed by atoms with van der Waals surface area (Å²) in [5.74, 6) is 0.654. The van der Waals surface area contributed by atoms with Gasteiger partial charge in [-0.2, -0.15) is 0 Å². The second kappa shape index (κ2) is 5.29. The summed E-state index contributed by atoms with van der Waals surface area (Å²) in [4.78, 5) is 12.7. The van der Waals surface area contributed by atoms with Crippen molar-refractivity contribution in [2.24, 2.45) is 0 Å². The molecule has 0 aromatic heterocycles. The van der Waals surface area contributed by atoms with E-state index in [1.807, 2.05) is 18.2 Å². The maximum atomic E-state index is 12.7. The number of halogens is 1. The number of nitrogen functional groups attached to an aromatic ring is 1. The molecule has 2 N–H and O–H groups in total. The maximum Gasteiger partial charge on any atom is 0.197 e. The lowest BCUT2D eigenvalue weighted by atomic mass is 9.96. The number of nitrogens with two attached hydrogens (primary N) is 1. The average Bonchev–Trinajstić information content (AvgIpc) is 2.48. The highest BCUT2D eigenvalue weighted by atomic mass is 79.9. The number of ketones is 1. The summed E-state index contributed by atoms with van der Waals surface area (Å²) < 4.78 is 6.44. The van der Waals surface area contributed by atoms with Gasteiger partial charge in [0.2, 0.25) is 0 Å². The summed E-state index contributed by atoms with van der Waals surface area (Å²) >= 11 is 3.41. The molecular formula is C16H14BrNO2. The first-order chi connectivity index (χ1) is 9.66. The van der Waals surface area contributed by atoms with E-state index in [-0.39, 0.29) is 5.78 Å². The molecule has 0 atom stereocenters. The van der Waals surface area contributed by atoms with E-state index in [1.165, 1.54) is 0 Å². The molecule has 0 saturated heterocycles. The number of hydrogen-bond donors (Lipinski definition) is 1. The zero-order chi connectivity index (χ0) is 14.1. The van der Waals surface area contributed by atoms with Gasteiger partial charge in [-0.1, -0.05) is 28.1 Å². The Kier molecular flexibility index (Phi) is 3.49. The Balaban J connectivity index is 2.09. The molecule has 0 bridgehead atoms.